The summed E-state index contributed by atoms with van der Waals surface area (Å²) in [6, 6.07) is 4.66. The molecule has 0 radical (unpaired) electrons. The lowest BCUT2D eigenvalue weighted by Crippen LogP contribution is -2.59. The van der Waals surface area contributed by atoms with Crippen LogP contribution in [0, 0.1) is 0 Å². The molecule has 0 saturated carbocycles. The summed E-state index contributed by atoms with van der Waals surface area (Å²) in [7, 11) is 0. The number of aliphatic hydroxyl groups is 1. The monoisotopic (exact) mass is 472 g/mol. The molecule has 5 atom stereocenters. The maximum atomic E-state index is 11.9. The quantitative estimate of drug-likeness (QED) is 0.460. The minimum absolute atomic E-state index is 0.307. The fourth-order valence-electron chi connectivity index (χ4n) is 3.39. The van der Waals surface area contributed by atoms with Gasteiger partial charge in [-0.05, 0) is 23.3 Å². The number of ether oxygens (including phenoxy) is 5. The molecule has 1 aliphatic heterocycles. The van der Waals surface area contributed by atoms with E-state index in [0.717, 1.165) is 20.8 Å². The second-order valence-corrected chi connectivity index (χ2v) is 7.54. The van der Waals surface area contributed by atoms with Gasteiger partial charge in [0.1, 0.15) is 18.8 Å². The van der Waals surface area contributed by atoms with Crippen molar-refractivity contribution in [3.63, 3.8) is 0 Å². The molecule has 0 aromatic heterocycles. The van der Waals surface area contributed by atoms with E-state index in [2.05, 4.69) is 0 Å². The van der Waals surface area contributed by atoms with Gasteiger partial charge in [0.15, 0.2) is 18.3 Å². The highest BCUT2D eigenvalue weighted by molar-refractivity contribution is 6.31. The van der Waals surface area contributed by atoms with Crippen LogP contribution in [0.4, 0.5) is 0 Å². The first-order valence-corrected chi connectivity index (χ1v) is 10.1. The fraction of sp³-hybridized carbons (Fsp3) is 0.524. The number of esters is 4. The highest BCUT2D eigenvalue weighted by Gasteiger charge is 2.52. The van der Waals surface area contributed by atoms with Gasteiger partial charge in [-0.25, -0.2) is 0 Å². The Morgan fingerprint density at radius 3 is 2.00 bits per heavy atom. The van der Waals surface area contributed by atoms with Gasteiger partial charge in [0, 0.05) is 32.7 Å². The van der Waals surface area contributed by atoms with Gasteiger partial charge in [-0.2, -0.15) is 0 Å². The smallest absolute Gasteiger partial charge is 0.303 e. The molecule has 1 heterocycles. The van der Waals surface area contributed by atoms with E-state index in [1.165, 1.54) is 13.0 Å². The zero-order valence-corrected chi connectivity index (χ0v) is 18.8. The normalized spacial score (nSPS) is 24.9. The summed E-state index contributed by atoms with van der Waals surface area (Å²) in [5.41, 5.74) is 0.827. The molecule has 2 rings (SSSR count). The van der Waals surface area contributed by atoms with Gasteiger partial charge in [-0.1, -0.05) is 17.7 Å². The Hall–Kier alpha value is -2.69. The van der Waals surface area contributed by atoms with Crippen molar-refractivity contribution >= 4 is 35.5 Å². The standard InChI is InChI=1S/C21H25ClO10/c1-10(24)28-9-17-19(29-11(2)25)21(31-13(4)27)20(30-12(3)26)18(32-17)14-5-6-16(22)15(7-14)8-23/h5-7,17-21,23H,8-9H2,1-4H3/t17?,18-,19+,20+,21-/m0/s1. The van der Waals surface area contributed by atoms with Crippen molar-refractivity contribution in [2.45, 2.75) is 64.8 Å². The number of carbonyl (C=O) groups is 4. The van der Waals surface area contributed by atoms with Crippen LogP contribution in [0.2, 0.25) is 5.02 Å². The fourth-order valence-corrected chi connectivity index (χ4v) is 3.57. The van der Waals surface area contributed by atoms with Gasteiger partial charge in [-0.3, -0.25) is 19.2 Å². The lowest BCUT2D eigenvalue weighted by Gasteiger charge is -2.44. The molecule has 32 heavy (non-hydrogen) atoms. The van der Waals surface area contributed by atoms with Gasteiger partial charge in [0.25, 0.3) is 0 Å². The van der Waals surface area contributed by atoms with E-state index in [1.807, 2.05) is 0 Å². The molecule has 1 aromatic rings. The predicted octanol–water partition coefficient (Wildman–Crippen LogP) is 1.63. The number of benzene rings is 1. The lowest BCUT2D eigenvalue weighted by atomic mass is 9.90. The molecule has 11 heteroatoms. The SMILES string of the molecule is CC(=O)OCC1O[C@@H](c2ccc(Cl)c(CO)c2)[C@@H](OC(C)=O)[C@@H](OC(C)=O)[C@@H]1OC(C)=O. The maximum absolute atomic E-state index is 11.9. The average Bonchev–Trinajstić information content (AvgIpc) is 2.69. The molecule has 0 bridgehead atoms. The molecular formula is C21H25ClO10. The van der Waals surface area contributed by atoms with Crippen LogP contribution in [0.25, 0.3) is 0 Å². The molecule has 1 aliphatic rings. The molecule has 0 spiro atoms. The van der Waals surface area contributed by atoms with Crippen molar-refractivity contribution in [1.29, 1.82) is 0 Å². The molecule has 1 unspecified atom stereocenters. The molecular weight excluding hydrogens is 448 g/mol. The minimum Gasteiger partial charge on any atom is -0.463 e. The number of halogens is 1. The van der Waals surface area contributed by atoms with Crippen LogP contribution >= 0.6 is 11.6 Å². The predicted molar refractivity (Wildman–Crippen MR) is 108 cm³/mol. The van der Waals surface area contributed by atoms with Gasteiger partial charge in [-0.15, -0.1) is 0 Å². The molecule has 0 aliphatic carbocycles. The average molecular weight is 473 g/mol. The summed E-state index contributed by atoms with van der Waals surface area (Å²) >= 11 is 6.08. The van der Waals surface area contributed by atoms with Crippen molar-refractivity contribution in [2.75, 3.05) is 6.61 Å². The Morgan fingerprint density at radius 2 is 1.47 bits per heavy atom. The Morgan fingerprint density at radius 1 is 0.906 bits per heavy atom. The molecule has 1 saturated heterocycles. The summed E-state index contributed by atoms with van der Waals surface area (Å²) in [5.74, 6) is -2.73. The van der Waals surface area contributed by atoms with Crippen molar-refractivity contribution in [3.05, 3.63) is 34.3 Å². The van der Waals surface area contributed by atoms with Crippen molar-refractivity contribution in [1.82, 2.24) is 0 Å². The van der Waals surface area contributed by atoms with Crippen LogP contribution in [-0.4, -0.2) is 60.0 Å². The Bertz CT molecular complexity index is 870. The third-order valence-corrected chi connectivity index (χ3v) is 4.93. The minimum atomic E-state index is -1.27. The second-order valence-electron chi connectivity index (χ2n) is 7.13. The first-order chi connectivity index (χ1) is 15.0. The highest BCUT2D eigenvalue weighted by Crippen LogP contribution is 2.38. The molecule has 0 amide bonds. The van der Waals surface area contributed by atoms with E-state index in [0.29, 0.717) is 16.1 Å². The van der Waals surface area contributed by atoms with Gasteiger partial charge in [0.2, 0.25) is 0 Å². The zero-order valence-electron chi connectivity index (χ0n) is 18.0. The van der Waals surface area contributed by atoms with E-state index < -0.39 is 54.4 Å². The topological polar surface area (TPSA) is 135 Å². The van der Waals surface area contributed by atoms with Crippen LogP contribution in [0.3, 0.4) is 0 Å². The van der Waals surface area contributed by atoms with Gasteiger partial charge < -0.3 is 28.8 Å². The number of carbonyl (C=O) groups excluding carboxylic acids is 4. The summed E-state index contributed by atoms with van der Waals surface area (Å²) < 4.78 is 27.2. The largest absolute Gasteiger partial charge is 0.463 e. The van der Waals surface area contributed by atoms with Crippen LogP contribution in [0.1, 0.15) is 44.9 Å². The first kappa shape index (κ1) is 25.6. The zero-order chi connectivity index (χ0) is 24.0. The van der Waals surface area contributed by atoms with Crippen molar-refractivity contribution in [2.24, 2.45) is 0 Å². The highest BCUT2D eigenvalue weighted by atomic mass is 35.5. The Balaban J connectivity index is 2.58. The van der Waals surface area contributed by atoms with Crippen molar-refractivity contribution < 1.29 is 48.0 Å². The van der Waals surface area contributed by atoms with E-state index in [1.54, 1.807) is 12.1 Å². The molecule has 10 nitrogen and oxygen atoms in total. The van der Waals surface area contributed by atoms with Crippen LogP contribution in [0.15, 0.2) is 18.2 Å². The van der Waals surface area contributed by atoms with E-state index in [-0.39, 0.29) is 13.2 Å². The number of aliphatic hydroxyl groups excluding tert-OH is 1. The van der Waals surface area contributed by atoms with Crippen LogP contribution < -0.4 is 0 Å². The molecule has 1 aromatic carbocycles. The van der Waals surface area contributed by atoms with E-state index in [9.17, 15) is 24.3 Å². The van der Waals surface area contributed by atoms with Crippen LogP contribution in [0.5, 0.6) is 0 Å². The Labute approximate surface area is 189 Å². The summed E-state index contributed by atoms with van der Waals surface area (Å²) in [4.78, 5) is 46.8. The molecule has 1 fully saturated rings. The van der Waals surface area contributed by atoms with Gasteiger partial charge >= 0.3 is 23.9 Å². The van der Waals surface area contributed by atoms with E-state index >= 15 is 0 Å². The summed E-state index contributed by atoms with van der Waals surface area (Å²) in [6.07, 6.45) is -5.81. The van der Waals surface area contributed by atoms with E-state index in [4.69, 9.17) is 35.3 Å². The summed E-state index contributed by atoms with van der Waals surface area (Å²) in [6.45, 7) is 3.96. The van der Waals surface area contributed by atoms with Gasteiger partial charge in [0.05, 0.1) is 6.61 Å². The third kappa shape index (κ3) is 6.65. The van der Waals surface area contributed by atoms with Crippen LogP contribution in [-0.2, 0) is 49.5 Å². The maximum Gasteiger partial charge on any atom is 0.303 e. The number of hydrogen-bond donors (Lipinski definition) is 1. The summed E-state index contributed by atoms with van der Waals surface area (Å²) in [5, 5.41) is 9.87. The molecule has 176 valence electrons. The third-order valence-electron chi connectivity index (χ3n) is 4.56. The first-order valence-electron chi connectivity index (χ1n) is 9.73. The number of hydrogen-bond acceptors (Lipinski definition) is 10. The Kier molecular flexibility index (Phi) is 8.99. The number of rotatable bonds is 7. The molecule has 1 N–H and O–H groups in total. The lowest BCUT2D eigenvalue weighted by molar-refractivity contribution is -0.254. The second kappa shape index (κ2) is 11.3. The van der Waals surface area contributed by atoms with Crippen molar-refractivity contribution in [3.8, 4) is 0 Å².